The first kappa shape index (κ1) is 17.6. The highest BCUT2D eigenvalue weighted by molar-refractivity contribution is 5.95. The molecule has 1 aliphatic rings. The number of quaternary nitrogens is 1. The Labute approximate surface area is 160 Å². The first-order valence-electron chi connectivity index (χ1n) is 9.71. The molecule has 0 spiro atoms. The zero-order valence-corrected chi connectivity index (χ0v) is 15.8. The molecule has 0 bridgehead atoms. The van der Waals surface area contributed by atoms with Crippen molar-refractivity contribution in [1.82, 2.24) is 4.98 Å². The second kappa shape index (κ2) is 7.84. The molecule has 0 saturated carbocycles. The number of amides is 1. The van der Waals surface area contributed by atoms with Gasteiger partial charge >= 0.3 is 0 Å². The van der Waals surface area contributed by atoms with Crippen LogP contribution in [0.15, 0.2) is 54.7 Å². The molecule has 1 fully saturated rings. The number of rotatable bonds is 5. The lowest BCUT2D eigenvalue weighted by molar-refractivity contribution is -0.880. The third kappa shape index (κ3) is 3.98. The van der Waals surface area contributed by atoms with Gasteiger partial charge in [0, 0.05) is 23.5 Å². The Morgan fingerprint density at radius 3 is 2.70 bits per heavy atom. The Bertz CT molecular complexity index is 925. The number of likely N-dealkylation sites (N-methyl/N-ethyl adjacent to an activating group) is 1. The lowest BCUT2D eigenvalue weighted by atomic mass is 10.1. The SMILES string of the molecule is C[NH+]1CCN(c2ccccc2NC(=O)CCc2c[nH]c3ccccc23)CC1. The fourth-order valence-electron chi connectivity index (χ4n) is 3.78. The van der Waals surface area contributed by atoms with Gasteiger partial charge in [0.15, 0.2) is 0 Å². The summed E-state index contributed by atoms with van der Waals surface area (Å²) in [7, 11) is 2.23. The summed E-state index contributed by atoms with van der Waals surface area (Å²) in [5.41, 5.74) is 4.36. The van der Waals surface area contributed by atoms with Crippen molar-refractivity contribution in [1.29, 1.82) is 0 Å². The van der Waals surface area contributed by atoms with Crippen molar-refractivity contribution in [3.05, 3.63) is 60.3 Å². The smallest absolute Gasteiger partial charge is 0.224 e. The van der Waals surface area contributed by atoms with Crippen molar-refractivity contribution in [2.24, 2.45) is 0 Å². The van der Waals surface area contributed by atoms with E-state index >= 15 is 0 Å². The average molecular weight is 363 g/mol. The Hall–Kier alpha value is -2.79. The van der Waals surface area contributed by atoms with Gasteiger partial charge in [-0.2, -0.15) is 0 Å². The predicted molar refractivity (Wildman–Crippen MR) is 111 cm³/mol. The maximum absolute atomic E-state index is 12.6. The molecule has 5 heteroatoms. The molecule has 0 aliphatic carbocycles. The third-order valence-electron chi connectivity index (χ3n) is 5.43. The van der Waals surface area contributed by atoms with E-state index in [0.29, 0.717) is 6.42 Å². The molecule has 3 N–H and O–H groups in total. The van der Waals surface area contributed by atoms with E-state index in [9.17, 15) is 4.79 Å². The molecule has 0 radical (unpaired) electrons. The Morgan fingerprint density at radius 2 is 1.85 bits per heavy atom. The van der Waals surface area contributed by atoms with Crippen LogP contribution in [0.5, 0.6) is 0 Å². The molecule has 2 heterocycles. The quantitative estimate of drug-likeness (QED) is 0.650. The molecular formula is C22H27N4O+. The van der Waals surface area contributed by atoms with E-state index in [1.54, 1.807) is 4.90 Å². The van der Waals surface area contributed by atoms with Gasteiger partial charge < -0.3 is 20.1 Å². The number of nitrogens with one attached hydrogen (secondary N) is 3. The number of H-pyrrole nitrogens is 1. The van der Waals surface area contributed by atoms with E-state index in [1.807, 2.05) is 36.5 Å². The maximum atomic E-state index is 12.6. The maximum Gasteiger partial charge on any atom is 0.224 e. The van der Waals surface area contributed by atoms with Crippen molar-refractivity contribution in [3.63, 3.8) is 0 Å². The van der Waals surface area contributed by atoms with Gasteiger partial charge in [-0.25, -0.2) is 0 Å². The van der Waals surface area contributed by atoms with Crippen LogP contribution in [0, 0.1) is 0 Å². The highest BCUT2D eigenvalue weighted by atomic mass is 16.1. The number of aromatic amines is 1. The molecule has 1 amide bonds. The highest BCUT2D eigenvalue weighted by Crippen LogP contribution is 2.26. The largest absolute Gasteiger partial charge is 0.361 e. The zero-order chi connectivity index (χ0) is 18.6. The number of carbonyl (C=O) groups excluding carboxylic acids is 1. The second-order valence-electron chi connectivity index (χ2n) is 7.37. The summed E-state index contributed by atoms with van der Waals surface area (Å²) in [6, 6.07) is 16.4. The van der Waals surface area contributed by atoms with E-state index in [1.165, 1.54) is 10.9 Å². The van der Waals surface area contributed by atoms with Gasteiger partial charge in [-0.05, 0) is 30.2 Å². The average Bonchev–Trinajstić information content (AvgIpc) is 3.11. The number of piperazine rings is 1. The lowest BCUT2D eigenvalue weighted by Gasteiger charge is -2.33. The van der Waals surface area contributed by atoms with Gasteiger partial charge in [0.05, 0.1) is 44.6 Å². The van der Waals surface area contributed by atoms with Crippen LogP contribution in [0.2, 0.25) is 0 Å². The molecule has 4 rings (SSSR count). The van der Waals surface area contributed by atoms with Gasteiger partial charge in [-0.15, -0.1) is 0 Å². The zero-order valence-electron chi connectivity index (χ0n) is 15.8. The van der Waals surface area contributed by atoms with Gasteiger partial charge in [0.2, 0.25) is 5.91 Å². The van der Waals surface area contributed by atoms with Crippen LogP contribution in [0.1, 0.15) is 12.0 Å². The first-order chi connectivity index (χ1) is 13.2. The Kier molecular flexibility index (Phi) is 5.12. The number of para-hydroxylation sites is 3. The third-order valence-corrected chi connectivity index (χ3v) is 5.43. The summed E-state index contributed by atoms with van der Waals surface area (Å²) in [4.78, 5) is 19.8. The molecule has 140 valence electrons. The van der Waals surface area contributed by atoms with Gasteiger partial charge in [-0.3, -0.25) is 4.79 Å². The normalized spacial score (nSPS) is 15.2. The van der Waals surface area contributed by atoms with E-state index in [4.69, 9.17) is 0 Å². The molecule has 2 aromatic carbocycles. The van der Waals surface area contributed by atoms with Crippen molar-refractivity contribution >= 4 is 28.2 Å². The molecule has 1 aliphatic heterocycles. The number of hydrogen-bond acceptors (Lipinski definition) is 2. The van der Waals surface area contributed by atoms with Gasteiger partial charge in [-0.1, -0.05) is 30.3 Å². The standard InChI is InChI=1S/C22H26N4O/c1-25-12-14-26(15-13-25)21-9-5-4-8-20(21)24-22(27)11-10-17-16-23-19-7-3-2-6-18(17)19/h2-9,16,23H,10-15H2,1H3,(H,24,27)/p+1. The first-order valence-corrected chi connectivity index (χ1v) is 9.71. The van der Waals surface area contributed by atoms with Gasteiger partial charge in [0.1, 0.15) is 0 Å². The summed E-state index contributed by atoms with van der Waals surface area (Å²) in [6.45, 7) is 4.30. The van der Waals surface area contributed by atoms with Crippen LogP contribution in [-0.4, -0.2) is 44.1 Å². The number of benzene rings is 2. The molecular weight excluding hydrogens is 336 g/mol. The number of hydrogen-bond donors (Lipinski definition) is 3. The molecule has 0 atom stereocenters. The van der Waals surface area contributed by atoms with Crippen LogP contribution in [0.4, 0.5) is 11.4 Å². The minimum Gasteiger partial charge on any atom is -0.361 e. The highest BCUT2D eigenvalue weighted by Gasteiger charge is 2.19. The topological polar surface area (TPSA) is 52.6 Å². The fourth-order valence-corrected chi connectivity index (χ4v) is 3.78. The van der Waals surface area contributed by atoms with Crippen molar-refractivity contribution in [2.75, 3.05) is 43.4 Å². The van der Waals surface area contributed by atoms with Crippen molar-refractivity contribution in [2.45, 2.75) is 12.8 Å². The van der Waals surface area contributed by atoms with Crippen LogP contribution in [-0.2, 0) is 11.2 Å². The molecule has 1 aromatic heterocycles. The summed E-state index contributed by atoms with van der Waals surface area (Å²) in [6.07, 6.45) is 3.22. The van der Waals surface area contributed by atoms with E-state index < -0.39 is 0 Å². The number of fused-ring (bicyclic) bond motifs is 1. The molecule has 27 heavy (non-hydrogen) atoms. The number of aryl methyl sites for hydroxylation is 1. The summed E-state index contributed by atoms with van der Waals surface area (Å²) < 4.78 is 0. The summed E-state index contributed by atoms with van der Waals surface area (Å²) in [5, 5.41) is 4.33. The van der Waals surface area contributed by atoms with Crippen LogP contribution >= 0.6 is 0 Å². The molecule has 3 aromatic rings. The minimum atomic E-state index is 0.0625. The molecule has 0 unspecified atom stereocenters. The predicted octanol–water partition coefficient (Wildman–Crippen LogP) is 2.07. The fraction of sp³-hybridized carbons (Fsp3) is 0.318. The lowest BCUT2D eigenvalue weighted by Crippen LogP contribution is -3.12. The molecule has 1 saturated heterocycles. The number of nitrogens with zero attached hydrogens (tertiary/aromatic N) is 1. The minimum absolute atomic E-state index is 0.0625. The Morgan fingerprint density at radius 1 is 1.11 bits per heavy atom. The summed E-state index contributed by atoms with van der Waals surface area (Å²) >= 11 is 0. The number of carbonyl (C=O) groups is 1. The summed E-state index contributed by atoms with van der Waals surface area (Å²) in [5.74, 6) is 0.0625. The van der Waals surface area contributed by atoms with E-state index in [-0.39, 0.29) is 5.91 Å². The Balaban J connectivity index is 1.41. The van der Waals surface area contributed by atoms with Crippen molar-refractivity contribution < 1.29 is 9.69 Å². The van der Waals surface area contributed by atoms with E-state index in [2.05, 4.69) is 40.4 Å². The van der Waals surface area contributed by atoms with Gasteiger partial charge in [0.25, 0.3) is 0 Å². The monoisotopic (exact) mass is 363 g/mol. The van der Waals surface area contributed by atoms with Crippen LogP contribution in [0.25, 0.3) is 10.9 Å². The van der Waals surface area contributed by atoms with Crippen LogP contribution in [0.3, 0.4) is 0 Å². The van der Waals surface area contributed by atoms with Crippen LogP contribution < -0.4 is 15.1 Å². The number of anilines is 2. The molecule has 5 nitrogen and oxygen atoms in total. The second-order valence-corrected chi connectivity index (χ2v) is 7.37. The number of aromatic nitrogens is 1. The van der Waals surface area contributed by atoms with E-state index in [0.717, 1.165) is 49.5 Å². The van der Waals surface area contributed by atoms with Crippen molar-refractivity contribution in [3.8, 4) is 0 Å².